The van der Waals surface area contributed by atoms with Crippen LogP contribution >= 0.6 is 0 Å². The maximum atomic E-state index is 9.80. The smallest absolute Gasteiger partial charge is 0.115 e. The van der Waals surface area contributed by atoms with E-state index in [1.165, 1.54) is 16.7 Å². The molecular formula is C24H27N3O. The van der Waals surface area contributed by atoms with Crippen LogP contribution in [0.3, 0.4) is 0 Å². The van der Waals surface area contributed by atoms with Crippen LogP contribution in [0.25, 0.3) is 0 Å². The second kappa shape index (κ2) is 7.21. The van der Waals surface area contributed by atoms with Crippen molar-refractivity contribution < 1.29 is 5.11 Å². The van der Waals surface area contributed by atoms with Gasteiger partial charge < -0.3 is 10.5 Å². The Morgan fingerprint density at radius 3 is 2.36 bits per heavy atom. The lowest BCUT2D eigenvalue weighted by Gasteiger charge is -2.44. The Bertz CT molecular complexity index is 970. The third kappa shape index (κ3) is 3.00. The zero-order valence-corrected chi connectivity index (χ0v) is 16.6. The molecule has 0 bridgehead atoms. The van der Waals surface area contributed by atoms with Gasteiger partial charge in [0, 0.05) is 5.41 Å². The highest BCUT2D eigenvalue weighted by Crippen LogP contribution is 2.48. The summed E-state index contributed by atoms with van der Waals surface area (Å²) in [6.45, 7) is 6.71. The van der Waals surface area contributed by atoms with E-state index >= 15 is 0 Å². The Kier molecular flexibility index (Phi) is 4.73. The number of fused-ring (bicyclic) bond motifs is 1. The number of benzene rings is 3. The number of phenols is 1. The molecule has 3 aromatic rings. The molecule has 144 valence electrons. The van der Waals surface area contributed by atoms with Crippen LogP contribution < -0.4 is 16.0 Å². The van der Waals surface area contributed by atoms with Gasteiger partial charge in [-0.15, -0.1) is 5.53 Å². The summed E-state index contributed by atoms with van der Waals surface area (Å²) in [7, 11) is 0. The number of aromatic hydroxyl groups is 1. The summed E-state index contributed by atoms with van der Waals surface area (Å²) in [6, 6.07) is 24.6. The predicted molar refractivity (Wildman–Crippen MR) is 115 cm³/mol. The highest BCUT2D eigenvalue weighted by Gasteiger charge is 2.42. The molecule has 0 saturated carbocycles. The third-order valence-electron chi connectivity index (χ3n) is 6.08. The van der Waals surface area contributed by atoms with Gasteiger partial charge in [-0.2, -0.15) is 0 Å². The van der Waals surface area contributed by atoms with Crippen molar-refractivity contribution in [2.45, 2.75) is 38.6 Å². The first-order valence-corrected chi connectivity index (χ1v) is 9.79. The fraction of sp³-hybridized carbons (Fsp3) is 0.250. The van der Waals surface area contributed by atoms with Crippen LogP contribution in [0.1, 0.15) is 43.0 Å². The SMILES string of the molecule is CCC(C)(c1ccc(O)cc1)C(c1ccccc1C)N1NNc2ccccc21. The lowest BCUT2D eigenvalue weighted by molar-refractivity contribution is 0.335. The van der Waals surface area contributed by atoms with Crippen molar-refractivity contribution in [3.63, 3.8) is 0 Å². The van der Waals surface area contributed by atoms with Gasteiger partial charge in [0.15, 0.2) is 0 Å². The van der Waals surface area contributed by atoms with Crippen LogP contribution in [0, 0.1) is 6.92 Å². The van der Waals surface area contributed by atoms with Crippen molar-refractivity contribution in [2.24, 2.45) is 0 Å². The van der Waals surface area contributed by atoms with Crippen molar-refractivity contribution in [1.82, 2.24) is 5.53 Å². The van der Waals surface area contributed by atoms with Crippen LogP contribution in [-0.2, 0) is 5.41 Å². The molecule has 1 aliphatic rings. The first-order valence-electron chi connectivity index (χ1n) is 9.79. The minimum atomic E-state index is -0.189. The minimum absolute atomic E-state index is 0.0550. The van der Waals surface area contributed by atoms with Crippen molar-refractivity contribution in [2.75, 3.05) is 10.4 Å². The Hall–Kier alpha value is -2.98. The van der Waals surface area contributed by atoms with Crippen LogP contribution in [0.5, 0.6) is 5.75 Å². The number of nitrogens with one attached hydrogen (secondary N) is 2. The van der Waals surface area contributed by atoms with Crippen molar-refractivity contribution >= 4 is 11.4 Å². The number of anilines is 2. The van der Waals surface area contributed by atoms with Crippen LogP contribution in [-0.4, -0.2) is 5.11 Å². The molecule has 1 heterocycles. The number of hydrogen-bond acceptors (Lipinski definition) is 4. The molecule has 4 nitrogen and oxygen atoms in total. The lowest BCUT2D eigenvalue weighted by Crippen LogP contribution is -2.48. The summed E-state index contributed by atoms with van der Waals surface area (Å²) < 4.78 is 0. The third-order valence-corrected chi connectivity index (χ3v) is 6.08. The molecule has 0 amide bonds. The molecular weight excluding hydrogens is 346 g/mol. The van der Waals surface area contributed by atoms with Crippen molar-refractivity contribution in [3.05, 3.63) is 89.5 Å². The first-order chi connectivity index (χ1) is 13.5. The van der Waals surface area contributed by atoms with Gasteiger partial charge in [-0.1, -0.05) is 62.4 Å². The molecule has 0 radical (unpaired) electrons. The number of para-hydroxylation sites is 2. The highest BCUT2D eigenvalue weighted by atomic mass is 16.3. The Morgan fingerprint density at radius 2 is 1.64 bits per heavy atom. The Labute approximate surface area is 166 Å². The molecule has 0 saturated heterocycles. The summed E-state index contributed by atoms with van der Waals surface area (Å²) in [5.41, 5.74) is 12.5. The van der Waals surface area contributed by atoms with Gasteiger partial charge in [0.05, 0.1) is 17.4 Å². The molecule has 4 rings (SSSR count). The number of phenolic OH excluding ortho intramolecular Hbond substituents is 1. The van der Waals surface area contributed by atoms with E-state index in [2.05, 4.69) is 79.2 Å². The van der Waals surface area contributed by atoms with E-state index in [-0.39, 0.29) is 11.5 Å². The van der Waals surface area contributed by atoms with Gasteiger partial charge in [-0.05, 0) is 54.3 Å². The zero-order valence-electron chi connectivity index (χ0n) is 16.6. The molecule has 3 aromatic carbocycles. The monoisotopic (exact) mass is 373 g/mol. The molecule has 0 spiro atoms. The number of hydrogen-bond donors (Lipinski definition) is 3. The number of rotatable bonds is 5. The Balaban J connectivity index is 1.90. The van der Waals surface area contributed by atoms with Gasteiger partial charge in [-0.25, -0.2) is 0 Å². The maximum absolute atomic E-state index is 9.80. The normalized spacial score (nSPS) is 16.2. The maximum Gasteiger partial charge on any atom is 0.115 e. The molecule has 1 aliphatic heterocycles. The molecule has 2 atom stereocenters. The summed E-state index contributed by atoms with van der Waals surface area (Å²) in [5.74, 6) is 0.293. The minimum Gasteiger partial charge on any atom is -0.508 e. The number of aryl methyl sites for hydroxylation is 1. The first kappa shape index (κ1) is 18.4. The standard InChI is InChI=1S/C24H27N3O/c1-4-24(3,18-13-15-19(28)16-14-18)23(20-10-6-5-9-17(20)2)27-22-12-8-7-11-21(22)25-26-27/h5-16,23,25-26,28H,4H2,1-3H3. The summed E-state index contributed by atoms with van der Waals surface area (Å²) >= 11 is 0. The van der Waals surface area contributed by atoms with Crippen molar-refractivity contribution in [1.29, 1.82) is 0 Å². The van der Waals surface area contributed by atoms with Gasteiger partial charge in [0.25, 0.3) is 0 Å². The van der Waals surface area contributed by atoms with E-state index in [1.54, 1.807) is 12.1 Å². The summed E-state index contributed by atoms with van der Waals surface area (Å²) in [4.78, 5) is 0. The largest absolute Gasteiger partial charge is 0.508 e. The number of nitrogens with zero attached hydrogens (tertiary/aromatic N) is 1. The summed E-state index contributed by atoms with van der Waals surface area (Å²) in [6.07, 6.45) is 0.942. The topological polar surface area (TPSA) is 47.5 Å². The molecule has 2 unspecified atom stereocenters. The average molecular weight is 374 g/mol. The molecule has 0 fully saturated rings. The van der Waals surface area contributed by atoms with E-state index in [1.807, 2.05) is 18.2 Å². The van der Waals surface area contributed by atoms with Gasteiger partial charge in [0.2, 0.25) is 0 Å². The molecule has 0 aliphatic carbocycles. The predicted octanol–water partition coefficient (Wildman–Crippen LogP) is 5.46. The fourth-order valence-corrected chi connectivity index (χ4v) is 4.23. The van der Waals surface area contributed by atoms with Crippen LogP contribution in [0.4, 0.5) is 11.4 Å². The average Bonchev–Trinajstić information content (AvgIpc) is 3.14. The second-order valence-corrected chi connectivity index (χ2v) is 7.70. The zero-order chi connectivity index (χ0) is 19.7. The lowest BCUT2D eigenvalue weighted by atomic mass is 9.70. The molecule has 3 N–H and O–H groups in total. The van der Waals surface area contributed by atoms with E-state index in [4.69, 9.17) is 0 Å². The quantitative estimate of drug-likeness (QED) is 0.556. The van der Waals surface area contributed by atoms with E-state index in [0.29, 0.717) is 5.75 Å². The molecule has 4 heteroatoms. The fourth-order valence-electron chi connectivity index (χ4n) is 4.23. The Morgan fingerprint density at radius 1 is 0.964 bits per heavy atom. The molecule has 28 heavy (non-hydrogen) atoms. The number of hydrazine groups is 2. The van der Waals surface area contributed by atoms with Gasteiger partial charge >= 0.3 is 0 Å². The van der Waals surface area contributed by atoms with Crippen LogP contribution in [0.15, 0.2) is 72.8 Å². The van der Waals surface area contributed by atoms with Gasteiger partial charge in [-0.3, -0.25) is 5.01 Å². The van der Waals surface area contributed by atoms with Crippen molar-refractivity contribution in [3.8, 4) is 5.75 Å². The van der Waals surface area contributed by atoms with E-state index < -0.39 is 0 Å². The summed E-state index contributed by atoms with van der Waals surface area (Å²) in [5, 5.41) is 12.0. The van der Waals surface area contributed by atoms with Crippen LogP contribution in [0.2, 0.25) is 0 Å². The van der Waals surface area contributed by atoms with E-state index in [0.717, 1.165) is 17.8 Å². The van der Waals surface area contributed by atoms with Gasteiger partial charge in [0.1, 0.15) is 5.75 Å². The molecule has 0 aromatic heterocycles. The second-order valence-electron chi connectivity index (χ2n) is 7.70. The highest BCUT2D eigenvalue weighted by molar-refractivity contribution is 5.74. The van der Waals surface area contributed by atoms with E-state index in [9.17, 15) is 5.11 Å².